The normalized spacial score (nSPS) is 49.2. The minimum Gasteiger partial charge on any atom is -0.388 e. The van der Waals surface area contributed by atoms with Crippen LogP contribution in [0.15, 0.2) is 0 Å². The molecule has 4 atom stereocenters. The van der Waals surface area contributed by atoms with Crippen molar-refractivity contribution in [3.05, 3.63) is 0 Å². The third-order valence-corrected chi connectivity index (χ3v) is 1.95. The van der Waals surface area contributed by atoms with Crippen LogP contribution in [-0.2, 0) is 4.74 Å². The zero-order valence-electron chi connectivity index (χ0n) is 6.32. The van der Waals surface area contributed by atoms with E-state index in [1.54, 1.807) is 0 Å². The predicted molar refractivity (Wildman–Crippen MR) is 36.3 cm³/mol. The first-order chi connectivity index (χ1) is 4.61. The summed E-state index contributed by atoms with van der Waals surface area (Å²) in [6, 6.07) is 0. The number of ether oxygens (including phenoxy) is 1. The molecule has 0 radical (unpaired) electrons. The quantitative estimate of drug-likeness (QED) is 0.510. The van der Waals surface area contributed by atoms with Crippen molar-refractivity contribution in [3.63, 3.8) is 0 Å². The van der Waals surface area contributed by atoms with Gasteiger partial charge in [-0.05, 0) is 19.3 Å². The Bertz CT molecular complexity index is 103. The lowest BCUT2D eigenvalue weighted by Crippen LogP contribution is -2.42. The molecule has 1 fully saturated rings. The van der Waals surface area contributed by atoms with Crippen LogP contribution in [0, 0.1) is 5.92 Å². The van der Waals surface area contributed by atoms with E-state index in [0.29, 0.717) is 0 Å². The fourth-order valence-corrected chi connectivity index (χ4v) is 1.32. The fourth-order valence-electron chi connectivity index (χ4n) is 1.32. The average Bonchev–Trinajstić information content (AvgIpc) is 1.82. The second kappa shape index (κ2) is 2.86. The average molecular weight is 146 g/mol. The number of aliphatic hydroxyl groups is 2. The van der Waals surface area contributed by atoms with Gasteiger partial charge in [0, 0.05) is 0 Å². The van der Waals surface area contributed by atoms with Crippen LogP contribution in [0.2, 0.25) is 0 Å². The Morgan fingerprint density at radius 3 is 2.40 bits per heavy atom. The van der Waals surface area contributed by atoms with Crippen molar-refractivity contribution in [1.29, 1.82) is 0 Å². The van der Waals surface area contributed by atoms with E-state index in [-0.39, 0.29) is 12.0 Å². The lowest BCUT2D eigenvalue weighted by Gasteiger charge is -2.33. The third-order valence-electron chi connectivity index (χ3n) is 1.95. The first-order valence-electron chi connectivity index (χ1n) is 3.63. The van der Waals surface area contributed by atoms with Crippen LogP contribution in [0.3, 0.4) is 0 Å². The van der Waals surface area contributed by atoms with E-state index in [1.165, 1.54) is 0 Å². The van der Waals surface area contributed by atoms with Gasteiger partial charge in [0.25, 0.3) is 0 Å². The highest BCUT2D eigenvalue weighted by Gasteiger charge is 2.31. The smallest absolute Gasteiger partial charge is 0.181 e. The minimum absolute atomic E-state index is 0.0633. The molecule has 0 saturated carbocycles. The molecule has 3 nitrogen and oxygen atoms in total. The van der Waals surface area contributed by atoms with Crippen molar-refractivity contribution in [2.45, 2.75) is 38.8 Å². The number of hydrogen-bond acceptors (Lipinski definition) is 3. The molecule has 0 unspecified atom stereocenters. The summed E-state index contributed by atoms with van der Waals surface area (Å²) in [4.78, 5) is 0. The van der Waals surface area contributed by atoms with Crippen LogP contribution in [0.5, 0.6) is 0 Å². The van der Waals surface area contributed by atoms with Gasteiger partial charge in [-0.2, -0.15) is 0 Å². The van der Waals surface area contributed by atoms with Crippen molar-refractivity contribution < 1.29 is 14.9 Å². The van der Waals surface area contributed by atoms with Crippen LogP contribution in [0.25, 0.3) is 0 Å². The molecular formula is C7H14O3. The Balaban J connectivity index is 2.49. The van der Waals surface area contributed by atoms with Gasteiger partial charge in [0.15, 0.2) is 6.29 Å². The van der Waals surface area contributed by atoms with E-state index < -0.39 is 12.4 Å². The maximum atomic E-state index is 9.19. The van der Waals surface area contributed by atoms with Gasteiger partial charge in [-0.15, -0.1) is 0 Å². The summed E-state index contributed by atoms with van der Waals surface area (Å²) < 4.78 is 4.97. The van der Waals surface area contributed by atoms with Crippen LogP contribution in [-0.4, -0.2) is 28.7 Å². The Morgan fingerprint density at radius 1 is 1.30 bits per heavy atom. The van der Waals surface area contributed by atoms with E-state index >= 15 is 0 Å². The molecular weight excluding hydrogens is 132 g/mol. The maximum Gasteiger partial charge on any atom is 0.181 e. The summed E-state index contributed by atoms with van der Waals surface area (Å²) >= 11 is 0. The SMILES string of the molecule is C[C@@H]1C[C@H](C)[C@@H](O)[C@H](O)O1. The molecule has 1 aliphatic rings. The van der Waals surface area contributed by atoms with Crippen LogP contribution in [0.1, 0.15) is 20.3 Å². The van der Waals surface area contributed by atoms with Crippen LogP contribution >= 0.6 is 0 Å². The van der Waals surface area contributed by atoms with Crippen molar-refractivity contribution >= 4 is 0 Å². The highest BCUT2D eigenvalue weighted by atomic mass is 16.6. The molecule has 0 aromatic rings. The number of aliphatic hydroxyl groups excluding tert-OH is 2. The summed E-state index contributed by atoms with van der Waals surface area (Å²) in [7, 11) is 0. The van der Waals surface area contributed by atoms with Crippen molar-refractivity contribution in [3.8, 4) is 0 Å². The zero-order chi connectivity index (χ0) is 7.72. The first-order valence-corrected chi connectivity index (χ1v) is 3.63. The molecule has 0 aliphatic carbocycles. The summed E-state index contributed by atoms with van der Waals surface area (Å²) in [6.45, 7) is 3.80. The molecule has 1 heterocycles. The Kier molecular flexibility index (Phi) is 2.28. The third kappa shape index (κ3) is 1.48. The second-order valence-electron chi connectivity index (χ2n) is 3.04. The largest absolute Gasteiger partial charge is 0.388 e. The van der Waals surface area contributed by atoms with E-state index in [4.69, 9.17) is 9.84 Å². The van der Waals surface area contributed by atoms with Crippen LogP contribution < -0.4 is 0 Å². The lowest BCUT2D eigenvalue weighted by molar-refractivity contribution is -0.227. The second-order valence-corrected chi connectivity index (χ2v) is 3.04. The molecule has 60 valence electrons. The summed E-state index contributed by atoms with van der Waals surface area (Å²) in [5.41, 5.74) is 0. The molecule has 0 bridgehead atoms. The fraction of sp³-hybridized carbons (Fsp3) is 1.00. The molecule has 1 saturated heterocycles. The highest BCUT2D eigenvalue weighted by molar-refractivity contribution is 4.75. The Morgan fingerprint density at radius 2 is 1.90 bits per heavy atom. The van der Waals surface area contributed by atoms with Crippen molar-refractivity contribution in [2.24, 2.45) is 5.92 Å². The standard InChI is InChI=1S/C7H14O3/c1-4-3-5(2)10-7(9)6(4)8/h4-9H,3H2,1-2H3/t4-,5+,6+,7+/m0/s1. The molecule has 0 spiro atoms. The molecule has 3 heteroatoms. The van der Waals surface area contributed by atoms with Gasteiger partial charge >= 0.3 is 0 Å². The van der Waals surface area contributed by atoms with Gasteiger partial charge in [-0.3, -0.25) is 0 Å². The monoisotopic (exact) mass is 146 g/mol. The van der Waals surface area contributed by atoms with Gasteiger partial charge in [0.05, 0.1) is 6.10 Å². The minimum atomic E-state index is -0.987. The van der Waals surface area contributed by atoms with E-state index in [1.807, 2.05) is 13.8 Å². The highest BCUT2D eigenvalue weighted by Crippen LogP contribution is 2.23. The van der Waals surface area contributed by atoms with Crippen molar-refractivity contribution in [1.82, 2.24) is 0 Å². The summed E-state index contributed by atoms with van der Waals surface area (Å²) in [6.07, 6.45) is -0.818. The molecule has 0 amide bonds. The zero-order valence-corrected chi connectivity index (χ0v) is 6.32. The molecule has 1 aliphatic heterocycles. The van der Waals surface area contributed by atoms with Gasteiger partial charge in [0.2, 0.25) is 0 Å². The molecule has 1 rings (SSSR count). The van der Waals surface area contributed by atoms with E-state index in [0.717, 1.165) is 6.42 Å². The summed E-state index contributed by atoms with van der Waals surface area (Å²) in [5.74, 6) is 0.138. The summed E-state index contributed by atoms with van der Waals surface area (Å²) in [5, 5.41) is 18.2. The van der Waals surface area contributed by atoms with Crippen LogP contribution in [0.4, 0.5) is 0 Å². The van der Waals surface area contributed by atoms with Gasteiger partial charge in [0.1, 0.15) is 6.10 Å². The van der Waals surface area contributed by atoms with Gasteiger partial charge < -0.3 is 14.9 Å². The molecule has 2 N–H and O–H groups in total. The molecule has 0 aromatic carbocycles. The van der Waals surface area contributed by atoms with E-state index in [2.05, 4.69) is 0 Å². The van der Waals surface area contributed by atoms with E-state index in [9.17, 15) is 5.11 Å². The number of hydrogen-bond donors (Lipinski definition) is 2. The predicted octanol–water partition coefficient (Wildman–Crippen LogP) is 0.111. The lowest BCUT2D eigenvalue weighted by atomic mass is 9.95. The Hall–Kier alpha value is -0.120. The topological polar surface area (TPSA) is 49.7 Å². The first kappa shape index (κ1) is 7.98. The molecule has 0 aromatic heterocycles. The molecule has 10 heavy (non-hydrogen) atoms. The Labute approximate surface area is 60.6 Å². The van der Waals surface area contributed by atoms with Crippen molar-refractivity contribution in [2.75, 3.05) is 0 Å². The van der Waals surface area contributed by atoms with Gasteiger partial charge in [-0.1, -0.05) is 6.92 Å². The van der Waals surface area contributed by atoms with Gasteiger partial charge in [-0.25, -0.2) is 0 Å². The maximum absolute atomic E-state index is 9.19. The number of rotatable bonds is 0.